The Balaban J connectivity index is 1.34. The molecule has 4 rings (SSSR count). The topological polar surface area (TPSA) is 103 Å². The Morgan fingerprint density at radius 1 is 1.09 bits per heavy atom. The second kappa shape index (κ2) is 9.92. The number of thiocarbonyl (C=S) groups is 1. The fourth-order valence-electron chi connectivity index (χ4n) is 3.14. The van der Waals surface area contributed by atoms with Gasteiger partial charge in [-0.15, -0.1) is 10.2 Å². The molecule has 0 spiro atoms. The van der Waals surface area contributed by atoms with E-state index in [1.807, 2.05) is 31.2 Å². The quantitative estimate of drug-likeness (QED) is 0.387. The first kappa shape index (κ1) is 22.6. The number of aromatic nitrogens is 4. The number of benzene rings is 2. The minimum absolute atomic E-state index is 0.236. The van der Waals surface area contributed by atoms with Crippen molar-refractivity contribution in [1.82, 2.24) is 30.4 Å². The number of ether oxygens (including phenoxy) is 2. The maximum atomic E-state index is 12.5. The number of rotatable bonds is 7. The molecule has 0 aliphatic carbocycles. The Morgan fingerprint density at radius 2 is 1.85 bits per heavy atom. The average Bonchev–Trinajstić information content (AvgIpc) is 3.43. The Labute approximate surface area is 199 Å². The maximum Gasteiger partial charge on any atom is 0.257 e. The Hall–Kier alpha value is -3.57. The van der Waals surface area contributed by atoms with Crippen LogP contribution in [0.2, 0.25) is 0 Å². The normalized spacial score (nSPS) is 10.8. The predicted molar refractivity (Wildman–Crippen MR) is 130 cm³/mol. The monoisotopic (exact) mass is 482 g/mol. The molecule has 33 heavy (non-hydrogen) atoms. The first-order valence-electron chi connectivity index (χ1n) is 10.1. The first-order valence-corrected chi connectivity index (χ1v) is 11.4. The number of hydrogen-bond donors (Lipinski definition) is 2. The van der Waals surface area contributed by atoms with E-state index in [-0.39, 0.29) is 11.0 Å². The van der Waals surface area contributed by atoms with Crippen LogP contribution in [-0.2, 0) is 13.0 Å². The van der Waals surface area contributed by atoms with Crippen molar-refractivity contribution in [2.75, 3.05) is 14.2 Å². The lowest BCUT2D eigenvalue weighted by molar-refractivity contribution is 0.0976. The third-order valence-corrected chi connectivity index (χ3v) is 6.09. The van der Waals surface area contributed by atoms with Gasteiger partial charge in [0.1, 0.15) is 5.01 Å². The van der Waals surface area contributed by atoms with Crippen molar-refractivity contribution >= 4 is 39.5 Å². The van der Waals surface area contributed by atoms with E-state index in [0.29, 0.717) is 23.6 Å². The van der Waals surface area contributed by atoms with Crippen LogP contribution in [0.4, 0.5) is 0 Å². The van der Waals surface area contributed by atoms with Crippen LogP contribution in [0.5, 0.6) is 11.5 Å². The van der Waals surface area contributed by atoms with Crippen LogP contribution in [0, 0.1) is 0 Å². The minimum Gasteiger partial charge on any atom is -0.493 e. The number of carbonyl (C=O) groups excluding carboxylic acids is 1. The highest BCUT2D eigenvalue weighted by atomic mass is 32.1. The molecule has 4 aromatic rings. The van der Waals surface area contributed by atoms with E-state index in [0.717, 1.165) is 33.3 Å². The van der Waals surface area contributed by atoms with E-state index in [9.17, 15) is 4.79 Å². The number of nitrogens with zero attached hydrogens (tertiary/aromatic N) is 4. The van der Waals surface area contributed by atoms with Gasteiger partial charge in [-0.3, -0.25) is 10.1 Å². The number of fused-ring (bicyclic) bond motifs is 1. The molecule has 0 atom stereocenters. The van der Waals surface area contributed by atoms with Crippen molar-refractivity contribution in [3.05, 3.63) is 59.4 Å². The molecule has 2 heterocycles. The molecule has 0 radical (unpaired) electrons. The molecule has 11 heteroatoms. The van der Waals surface area contributed by atoms with Gasteiger partial charge in [0.15, 0.2) is 22.4 Å². The van der Waals surface area contributed by atoms with E-state index in [1.165, 1.54) is 25.6 Å². The van der Waals surface area contributed by atoms with Gasteiger partial charge in [0.25, 0.3) is 5.91 Å². The number of amides is 1. The third-order valence-electron chi connectivity index (χ3n) is 4.90. The second-order valence-corrected chi connectivity index (χ2v) is 8.34. The Bertz CT molecular complexity index is 1300. The van der Waals surface area contributed by atoms with Crippen LogP contribution in [0.25, 0.3) is 15.5 Å². The second-order valence-electron chi connectivity index (χ2n) is 6.97. The summed E-state index contributed by atoms with van der Waals surface area (Å²) in [4.78, 5) is 13.3. The highest BCUT2D eigenvalue weighted by Crippen LogP contribution is 2.28. The smallest absolute Gasteiger partial charge is 0.257 e. The highest BCUT2D eigenvalue weighted by Gasteiger charge is 2.13. The third kappa shape index (κ3) is 4.94. The number of carbonyl (C=O) groups is 1. The molecule has 0 aliphatic rings. The summed E-state index contributed by atoms with van der Waals surface area (Å²) in [5, 5.41) is 19.7. The largest absolute Gasteiger partial charge is 0.493 e. The zero-order valence-corrected chi connectivity index (χ0v) is 19.9. The SMILES string of the molecule is CCc1nnc2sc(-c3ccc(CNC(=S)NC(=O)c4ccc(OC)c(OC)c4)cc3)nn12. The summed E-state index contributed by atoms with van der Waals surface area (Å²) in [6, 6.07) is 12.9. The van der Waals surface area contributed by atoms with Crippen LogP contribution in [0.3, 0.4) is 0 Å². The summed E-state index contributed by atoms with van der Waals surface area (Å²) in [7, 11) is 3.06. The number of nitrogens with one attached hydrogen (secondary N) is 2. The van der Waals surface area contributed by atoms with E-state index < -0.39 is 0 Å². The number of hydrogen-bond acceptors (Lipinski definition) is 8. The molecular weight excluding hydrogens is 460 g/mol. The first-order chi connectivity index (χ1) is 16.0. The van der Waals surface area contributed by atoms with Gasteiger partial charge in [-0.25, -0.2) is 0 Å². The summed E-state index contributed by atoms with van der Waals surface area (Å²) in [6.45, 7) is 2.49. The van der Waals surface area contributed by atoms with Crippen LogP contribution in [0.1, 0.15) is 28.7 Å². The molecule has 0 fully saturated rings. The van der Waals surface area contributed by atoms with Crippen molar-refractivity contribution in [2.45, 2.75) is 19.9 Å². The Kier molecular flexibility index (Phi) is 6.80. The predicted octanol–water partition coefficient (Wildman–Crippen LogP) is 3.24. The lowest BCUT2D eigenvalue weighted by Gasteiger charge is -2.12. The molecule has 9 nitrogen and oxygen atoms in total. The van der Waals surface area contributed by atoms with Gasteiger partial charge in [-0.2, -0.15) is 9.61 Å². The molecule has 170 valence electrons. The van der Waals surface area contributed by atoms with Crippen LogP contribution in [0.15, 0.2) is 42.5 Å². The summed E-state index contributed by atoms with van der Waals surface area (Å²) in [5.41, 5.74) is 2.43. The fourth-order valence-corrected chi connectivity index (χ4v) is 4.17. The molecule has 2 aromatic carbocycles. The minimum atomic E-state index is -0.335. The maximum absolute atomic E-state index is 12.5. The molecule has 2 N–H and O–H groups in total. The zero-order valence-electron chi connectivity index (χ0n) is 18.3. The molecule has 0 aliphatic heterocycles. The number of methoxy groups -OCH3 is 2. The average molecular weight is 483 g/mol. The van der Waals surface area contributed by atoms with Gasteiger partial charge in [0, 0.05) is 24.1 Å². The molecule has 0 saturated heterocycles. The summed E-state index contributed by atoms with van der Waals surface area (Å²) < 4.78 is 12.2. The standard InChI is InChI=1S/C22H22N6O3S2/c1-4-18-25-26-22-28(18)27-20(33-22)14-7-5-13(6-8-14)12-23-21(32)24-19(29)15-9-10-16(30-2)17(11-15)31-3/h5-11H,4,12H2,1-3H3,(H2,23,24,29,32). The molecule has 0 bridgehead atoms. The van der Waals surface area contributed by atoms with Crippen molar-refractivity contribution in [3.63, 3.8) is 0 Å². The van der Waals surface area contributed by atoms with E-state index in [4.69, 9.17) is 21.7 Å². The molecule has 1 amide bonds. The van der Waals surface area contributed by atoms with Crippen LogP contribution in [-0.4, -0.2) is 45.1 Å². The van der Waals surface area contributed by atoms with Gasteiger partial charge in [-0.1, -0.05) is 42.5 Å². The van der Waals surface area contributed by atoms with Crippen molar-refractivity contribution in [3.8, 4) is 22.1 Å². The molecular formula is C22H22N6O3S2. The van der Waals surface area contributed by atoms with Crippen molar-refractivity contribution in [2.24, 2.45) is 0 Å². The van der Waals surface area contributed by atoms with E-state index >= 15 is 0 Å². The van der Waals surface area contributed by atoms with Crippen molar-refractivity contribution in [1.29, 1.82) is 0 Å². The van der Waals surface area contributed by atoms with Crippen molar-refractivity contribution < 1.29 is 14.3 Å². The molecule has 2 aromatic heterocycles. The van der Waals surface area contributed by atoms with Crippen LogP contribution >= 0.6 is 23.6 Å². The van der Waals surface area contributed by atoms with E-state index in [2.05, 4.69) is 25.9 Å². The molecule has 0 unspecified atom stereocenters. The van der Waals surface area contributed by atoms with Gasteiger partial charge in [0.05, 0.1) is 14.2 Å². The Morgan fingerprint density at radius 3 is 2.55 bits per heavy atom. The summed E-state index contributed by atoms with van der Waals surface area (Å²) >= 11 is 6.77. The fraction of sp³-hybridized carbons (Fsp3) is 0.227. The van der Waals surface area contributed by atoms with Gasteiger partial charge in [0.2, 0.25) is 4.96 Å². The van der Waals surface area contributed by atoms with Crippen LogP contribution < -0.4 is 20.1 Å². The van der Waals surface area contributed by atoms with Gasteiger partial charge in [-0.05, 0) is 36.0 Å². The lowest BCUT2D eigenvalue weighted by Crippen LogP contribution is -2.38. The lowest BCUT2D eigenvalue weighted by atomic mass is 10.1. The zero-order chi connectivity index (χ0) is 23.4. The highest BCUT2D eigenvalue weighted by molar-refractivity contribution is 7.80. The van der Waals surface area contributed by atoms with E-state index in [1.54, 1.807) is 22.7 Å². The molecule has 0 saturated carbocycles. The van der Waals surface area contributed by atoms with Gasteiger partial charge >= 0.3 is 0 Å². The number of aryl methyl sites for hydroxylation is 1. The summed E-state index contributed by atoms with van der Waals surface area (Å²) in [5.74, 6) is 1.53. The van der Waals surface area contributed by atoms with Gasteiger partial charge < -0.3 is 14.8 Å². The summed E-state index contributed by atoms with van der Waals surface area (Å²) in [6.07, 6.45) is 0.775.